The number of carbonyl (C=O) groups is 2. The van der Waals surface area contributed by atoms with E-state index in [4.69, 9.17) is 9.84 Å². The number of morpholine rings is 1. The van der Waals surface area contributed by atoms with Gasteiger partial charge in [0, 0.05) is 24.2 Å². The first-order valence-electron chi connectivity index (χ1n) is 7.26. The fourth-order valence-electron chi connectivity index (χ4n) is 2.67. The number of rotatable bonds is 3. The monoisotopic (exact) mass is 316 g/mol. The summed E-state index contributed by atoms with van der Waals surface area (Å²) < 4.78 is 6.81. The lowest BCUT2D eigenvalue weighted by atomic mass is 10.2. The van der Waals surface area contributed by atoms with Crippen molar-refractivity contribution in [3.8, 4) is 0 Å². The van der Waals surface area contributed by atoms with Crippen molar-refractivity contribution in [2.45, 2.75) is 12.6 Å². The molecule has 1 aliphatic rings. The van der Waals surface area contributed by atoms with E-state index in [-0.39, 0.29) is 31.0 Å². The van der Waals surface area contributed by atoms with Crippen LogP contribution in [0.2, 0.25) is 0 Å². The molecule has 1 fully saturated rings. The number of carboxylic acids is 1. The number of pyridine rings is 1. The zero-order valence-electron chi connectivity index (χ0n) is 12.3. The molecule has 0 saturated carbocycles. The van der Waals surface area contributed by atoms with Crippen LogP contribution < -0.4 is 5.43 Å². The Morgan fingerprint density at radius 1 is 1.26 bits per heavy atom. The Balaban J connectivity index is 1.82. The molecule has 1 amide bonds. The number of amides is 1. The lowest BCUT2D eigenvalue weighted by Crippen LogP contribution is -2.49. The molecule has 1 N–H and O–H groups in total. The third-order valence-electron chi connectivity index (χ3n) is 3.88. The van der Waals surface area contributed by atoms with E-state index in [1.165, 1.54) is 11.0 Å². The molecule has 1 atom stereocenters. The standard InChI is InChI=1S/C16H16N2O5/c19-13-5-6-17(12-4-2-1-3-11(12)13)10-15(20)18-7-8-23-14(9-18)16(21)22/h1-6,14H,7-10H2,(H,21,22). The van der Waals surface area contributed by atoms with Crippen molar-refractivity contribution in [3.63, 3.8) is 0 Å². The van der Waals surface area contributed by atoms with Crippen LogP contribution in [0.3, 0.4) is 0 Å². The molecule has 1 saturated heterocycles. The van der Waals surface area contributed by atoms with Crippen LogP contribution in [0.4, 0.5) is 0 Å². The summed E-state index contributed by atoms with van der Waals surface area (Å²) in [6.45, 7) is 0.647. The maximum atomic E-state index is 12.4. The summed E-state index contributed by atoms with van der Waals surface area (Å²) in [5.41, 5.74) is 0.581. The zero-order valence-corrected chi connectivity index (χ0v) is 12.3. The van der Waals surface area contributed by atoms with Gasteiger partial charge in [0.1, 0.15) is 6.54 Å². The van der Waals surface area contributed by atoms with Crippen molar-refractivity contribution in [1.29, 1.82) is 0 Å². The SMILES string of the molecule is O=C(O)C1CN(C(=O)Cn2ccc(=O)c3ccccc32)CCO1. The normalized spacial score (nSPS) is 18.1. The highest BCUT2D eigenvalue weighted by Crippen LogP contribution is 2.11. The number of hydrogen-bond donors (Lipinski definition) is 1. The predicted octanol–water partition coefficient (Wildman–Crippen LogP) is 0.313. The Bertz CT molecular complexity index is 813. The average Bonchev–Trinajstić information content (AvgIpc) is 2.57. The van der Waals surface area contributed by atoms with E-state index >= 15 is 0 Å². The second-order valence-corrected chi connectivity index (χ2v) is 5.36. The highest BCUT2D eigenvalue weighted by atomic mass is 16.5. The maximum Gasteiger partial charge on any atom is 0.334 e. The number of hydrogen-bond acceptors (Lipinski definition) is 4. The largest absolute Gasteiger partial charge is 0.479 e. The molecular weight excluding hydrogens is 300 g/mol. The van der Waals surface area contributed by atoms with Gasteiger partial charge in [-0.3, -0.25) is 9.59 Å². The van der Waals surface area contributed by atoms with Crippen molar-refractivity contribution in [3.05, 3.63) is 46.8 Å². The minimum atomic E-state index is -1.07. The molecule has 0 radical (unpaired) electrons. The Labute approximate surface area is 131 Å². The topological polar surface area (TPSA) is 88.8 Å². The number of nitrogens with zero attached hydrogens (tertiary/aromatic N) is 2. The van der Waals surface area contributed by atoms with Gasteiger partial charge in [0.05, 0.1) is 18.7 Å². The number of aliphatic carboxylic acids is 1. The molecule has 120 valence electrons. The lowest BCUT2D eigenvalue weighted by molar-refractivity contribution is -0.159. The number of carboxylic acid groups (broad SMARTS) is 1. The molecule has 0 bridgehead atoms. The van der Waals surface area contributed by atoms with Gasteiger partial charge in [-0.05, 0) is 12.1 Å². The van der Waals surface area contributed by atoms with Gasteiger partial charge in [-0.25, -0.2) is 4.79 Å². The van der Waals surface area contributed by atoms with Crippen molar-refractivity contribution in [1.82, 2.24) is 9.47 Å². The molecule has 0 spiro atoms. The first-order valence-corrected chi connectivity index (χ1v) is 7.26. The van der Waals surface area contributed by atoms with E-state index < -0.39 is 12.1 Å². The van der Waals surface area contributed by atoms with Gasteiger partial charge in [0.25, 0.3) is 0 Å². The van der Waals surface area contributed by atoms with E-state index in [1.54, 1.807) is 35.0 Å². The molecule has 1 aromatic carbocycles. The number of ether oxygens (including phenoxy) is 1. The van der Waals surface area contributed by atoms with Crippen molar-refractivity contribution in [2.75, 3.05) is 19.7 Å². The summed E-state index contributed by atoms with van der Waals surface area (Å²) in [6.07, 6.45) is 0.594. The van der Waals surface area contributed by atoms with Gasteiger partial charge in [-0.2, -0.15) is 0 Å². The Hall–Kier alpha value is -2.67. The summed E-state index contributed by atoms with van der Waals surface area (Å²) >= 11 is 0. The van der Waals surface area contributed by atoms with Crippen molar-refractivity contribution >= 4 is 22.8 Å². The molecule has 2 aromatic rings. The van der Waals surface area contributed by atoms with E-state index in [0.717, 1.165) is 0 Å². The molecule has 3 rings (SSSR count). The molecule has 23 heavy (non-hydrogen) atoms. The maximum absolute atomic E-state index is 12.4. The minimum Gasteiger partial charge on any atom is -0.479 e. The predicted molar refractivity (Wildman–Crippen MR) is 82.2 cm³/mol. The van der Waals surface area contributed by atoms with E-state index in [0.29, 0.717) is 17.4 Å². The zero-order chi connectivity index (χ0) is 16.4. The number of carbonyl (C=O) groups excluding carboxylic acids is 1. The van der Waals surface area contributed by atoms with Gasteiger partial charge in [0.2, 0.25) is 5.91 Å². The molecule has 0 aliphatic carbocycles. The van der Waals surface area contributed by atoms with Crippen molar-refractivity contribution in [2.24, 2.45) is 0 Å². The van der Waals surface area contributed by atoms with Crippen LogP contribution in [-0.2, 0) is 20.9 Å². The summed E-state index contributed by atoms with van der Waals surface area (Å²) in [5.74, 6) is -1.27. The van der Waals surface area contributed by atoms with Gasteiger partial charge in [-0.15, -0.1) is 0 Å². The summed E-state index contributed by atoms with van der Waals surface area (Å²) in [4.78, 5) is 36.8. The quantitative estimate of drug-likeness (QED) is 0.880. The summed E-state index contributed by atoms with van der Waals surface area (Å²) in [6, 6.07) is 8.50. The smallest absolute Gasteiger partial charge is 0.334 e. The average molecular weight is 316 g/mol. The molecule has 1 aromatic heterocycles. The van der Waals surface area contributed by atoms with E-state index in [9.17, 15) is 14.4 Å². The molecule has 1 unspecified atom stereocenters. The third kappa shape index (κ3) is 3.09. The second-order valence-electron chi connectivity index (χ2n) is 5.36. The fraction of sp³-hybridized carbons (Fsp3) is 0.312. The van der Waals surface area contributed by atoms with Crippen LogP contribution in [0.25, 0.3) is 10.9 Å². The number of aromatic nitrogens is 1. The second kappa shape index (κ2) is 6.21. The van der Waals surface area contributed by atoms with Crippen LogP contribution in [0, 0.1) is 0 Å². The fourth-order valence-corrected chi connectivity index (χ4v) is 2.67. The minimum absolute atomic E-state index is 0.0340. The summed E-state index contributed by atoms with van der Waals surface area (Å²) in [7, 11) is 0. The molecule has 7 nitrogen and oxygen atoms in total. The number of benzene rings is 1. The Morgan fingerprint density at radius 2 is 2.04 bits per heavy atom. The first kappa shape index (κ1) is 15.2. The van der Waals surface area contributed by atoms with Crippen molar-refractivity contribution < 1.29 is 19.4 Å². The van der Waals surface area contributed by atoms with Gasteiger partial charge >= 0.3 is 5.97 Å². The van der Waals surface area contributed by atoms with E-state index in [1.807, 2.05) is 0 Å². The molecular formula is C16H16N2O5. The van der Waals surface area contributed by atoms with Gasteiger partial charge in [-0.1, -0.05) is 12.1 Å². The molecule has 7 heteroatoms. The van der Waals surface area contributed by atoms with Crippen LogP contribution in [-0.4, -0.2) is 52.3 Å². The lowest BCUT2D eigenvalue weighted by Gasteiger charge is -2.31. The molecule has 1 aliphatic heterocycles. The Morgan fingerprint density at radius 3 is 2.83 bits per heavy atom. The summed E-state index contributed by atoms with van der Waals surface area (Å²) in [5, 5.41) is 9.55. The van der Waals surface area contributed by atoms with E-state index in [2.05, 4.69) is 0 Å². The molecule has 2 heterocycles. The van der Waals surface area contributed by atoms with Gasteiger partial charge in [0.15, 0.2) is 11.5 Å². The highest BCUT2D eigenvalue weighted by Gasteiger charge is 2.28. The van der Waals surface area contributed by atoms with Gasteiger partial charge < -0.3 is 19.3 Å². The first-order chi connectivity index (χ1) is 11.1. The highest BCUT2D eigenvalue weighted by molar-refractivity contribution is 5.83. The Kier molecular flexibility index (Phi) is 4.12. The number of para-hydroxylation sites is 1. The van der Waals surface area contributed by atoms with Crippen LogP contribution >= 0.6 is 0 Å². The van der Waals surface area contributed by atoms with Crippen LogP contribution in [0.15, 0.2) is 41.3 Å². The van der Waals surface area contributed by atoms with Crippen LogP contribution in [0.1, 0.15) is 0 Å². The van der Waals surface area contributed by atoms with Crippen LogP contribution in [0.5, 0.6) is 0 Å². The number of fused-ring (bicyclic) bond motifs is 1. The third-order valence-corrected chi connectivity index (χ3v) is 3.88.